The number of pyridine rings is 1. The number of nitrogens with one attached hydrogen (secondary N) is 1. The Hall–Kier alpha value is -1.39. The molecule has 1 aromatic carbocycles. The fourth-order valence-electron chi connectivity index (χ4n) is 2.26. The normalized spacial score (nSPS) is 12.4. The zero-order chi connectivity index (χ0) is 15.2. The van der Waals surface area contributed by atoms with Crippen LogP contribution in [0.15, 0.2) is 47.2 Å². The van der Waals surface area contributed by atoms with Gasteiger partial charge in [-0.2, -0.15) is 0 Å². The SMILES string of the molecule is CCNC(c1cncc(Br)c1)c1cccc(OC(C)C)c1. The number of halogens is 1. The molecule has 0 radical (unpaired) electrons. The minimum atomic E-state index is 0.107. The van der Waals surface area contributed by atoms with Gasteiger partial charge < -0.3 is 10.1 Å². The Labute approximate surface area is 134 Å². The molecule has 0 aliphatic heterocycles. The molecule has 0 aliphatic rings. The maximum atomic E-state index is 5.79. The van der Waals surface area contributed by atoms with Crippen molar-refractivity contribution in [3.63, 3.8) is 0 Å². The maximum Gasteiger partial charge on any atom is 0.120 e. The van der Waals surface area contributed by atoms with Gasteiger partial charge in [-0.05, 0) is 65.6 Å². The summed E-state index contributed by atoms with van der Waals surface area (Å²) in [6, 6.07) is 10.4. The molecule has 1 atom stereocenters. The van der Waals surface area contributed by atoms with E-state index in [0.717, 1.165) is 22.3 Å². The van der Waals surface area contributed by atoms with E-state index in [2.05, 4.69) is 51.4 Å². The summed E-state index contributed by atoms with van der Waals surface area (Å²) in [6.07, 6.45) is 3.86. The fraction of sp³-hybridized carbons (Fsp3) is 0.353. The fourth-order valence-corrected chi connectivity index (χ4v) is 2.64. The third-order valence-electron chi connectivity index (χ3n) is 3.03. The highest BCUT2D eigenvalue weighted by Crippen LogP contribution is 2.26. The van der Waals surface area contributed by atoms with E-state index in [4.69, 9.17) is 4.74 Å². The number of hydrogen-bond donors (Lipinski definition) is 1. The summed E-state index contributed by atoms with van der Waals surface area (Å²) in [4.78, 5) is 4.27. The minimum absolute atomic E-state index is 0.107. The van der Waals surface area contributed by atoms with E-state index in [0.29, 0.717) is 0 Å². The average Bonchev–Trinajstić information content (AvgIpc) is 2.44. The average molecular weight is 349 g/mol. The van der Waals surface area contributed by atoms with Crippen LogP contribution in [-0.4, -0.2) is 17.6 Å². The molecule has 1 heterocycles. The molecule has 0 aliphatic carbocycles. The molecular weight excluding hydrogens is 328 g/mol. The van der Waals surface area contributed by atoms with E-state index in [1.165, 1.54) is 5.56 Å². The van der Waals surface area contributed by atoms with Gasteiger partial charge in [0.15, 0.2) is 0 Å². The third-order valence-corrected chi connectivity index (χ3v) is 3.46. The lowest BCUT2D eigenvalue weighted by atomic mass is 10.00. The molecule has 1 unspecified atom stereocenters. The van der Waals surface area contributed by atoms with Crippen LogP contribution in [0.25, 0.3) is 0 Å². The van der Waals surface area contributed by atoms with Gasteiger partial charge in [0.05, 0.1) is 12.1 Å². The van der Waals surface area contributed by atoms with Gasteiger partial charge in [-0.15, -0.1) is 0 Å². The van der Waals surface area contributed by atoms with E-state index in [1.807, 2.05) is 32.2 Å². The van der Waals surface area contributed by atoms with Gasteiger partial charge in [0.1, 0.15) is 5.75 Å². The number of rotatable bonds is 6. The molecule has 1 aromatic heterocycles. The second kappa shape index (κ2) is 7.57. The van der Waals surface area contributed by atoms with Crippen LogP contribution >= 0.6 is 15.9 Å². The molecule has 2 rings (SSSR count). The van der Waals surface area contributed by atoms with Crippen molar-refractivity contribution in [2.45, 2.75) is 32.9 Å². The summed E-state index contributed by atoms with van der Waals surface area (Å²) < 4.78 is 6.77. The third kappa shape index (κ3) is 4.55. The number of nitrogens with zero attached hydrogens (tertiary/aromatic N) is 1. The Morgan fingerprint density at radius 3 is 2.67 bits per heavy atom. The zero-order valence-electron chi connectivity index (χ0n) is 12.6. The molecule has 0 fully saturated rings. The van der Waals surface area contributed by atoms with Gasteiger partial charge in [-0.25, -0.2) is 0 Å². The Kier molecular flexibility index (Phi) is 5.76. The standard InChI is InChI=1S/C17H21BrN2O/c1-4-20-17(14-8-15(18)11-19-10-14)13-6-5-7-16(9-13)21-12(2)3/h5-12,17,20H,4H2,1-3H3. The van der Waals surface area contributed by atoms with Crippen molar-refractivity contribution in [1.82, 2.24) is 10.3 Å². The lowest BCUT2D eigenvalue weighted by Gasteiger charge is -2.20. The lowest BCUT2D eigenvalue weighted by molar-refractivity contribution is 0.242. The van der Waals surface area contributed by atoms with Gasteiger partial charge in [-0.3, -0.25) is 4.98 Å². The Bertz CT molecular complexity index is 587. The van der Waals surface area contributed by atoms with Crippen LogP contribution in [0.2, 0.25) is 0 Å². The smallest absolute Gasteiger partial charge is 0.120 e. The number of hydrogen-bond acceptors (Lipinski definition) is 3. The summed E-state index contributed by atoms with van der Waals surface area (Å²) in [5.41, 5.74) is 2.31. The van der Waals surface area contributed by atoms with E-state index in [1.54, 1.807) is 6.20 Å². The topological polar surface area (TPSA) is 34.2 Å². The van der Waals surface area contributed by atoms with Crippen LogP contribution in [0, 0.1) is 0 Å². The van der Waals surface area contributed by atoms with Gasteiger partial charge in [0.25, 0.3) is 0 Å². The second-order valence-corrected chi connectivity index (χ2v) is 6.08. The van der Waals surface area contributed by atoms with Crippen molar-refractivity contribution >= 4 is 15.9 Å². The van der Waals surface area contributed by atoms with Crippen molar-refractivity contribution in [2.75, 3.05) is 6.54 Å². The highest BCUT2D eigenvalue weighted by atomic mass is 79.9. The molecule has 3 nitrogen and oxygen atoms in total. The molecule has 1 N–H and O–H groups in total. The molecule has 0 amide bonds. The largest absolute Gasteiger partial charge is 0.491 e. The molecular formula is C17H21BrN2O. The molecule has 0 saturated heterocycles. The van der Waals surface area contributed by atoms with Crippen molar-refractivity contribution in [2.24, 2.45) is 0 Å². The molecule has 112 valence electrons. The van der Waals surface area contributed by atoms with Gasteiger partial charge in [-0.1, -0.05) is 19.1 Å². The summed E-state index contributed by atoms with van der Waals surface area (Å²) in [5.74, 6) is 0.897. The first-order valence-electron chi connectivity index (χ1n) is 7.20. The molecule has 0 saturated carbocycles. The van der Waals surface area contributed by atoms with Crippen LogP contribution in [-0.2, 0) is 0 Å². The maximum absolute atomic E-state index is 5.79. The van der Waals surface area contributed by atoms with E-state index in [-0.39, 0.29) is 12.1 Å². The van der Waals surface area contributed by atoms with Crippen molar-refractivity contribution in [3.05, 3.63) is 58.3 Å². The molecule has 21 heavy (non-hydrogen) atoms. The minimum Gasteiger partial charge on any atom is -0.491 e. The summed E-state index contributed by atoms with van der Waals surface area (Å²) in [5, 5.41) is 3.51. The van der Waals surface area contributed by atoms with E-state index >= 15 is 0 Å². The monoisotopic (exact) mass is 348 g/mol. The molecule has 0 bridgehead atoms. The van der Waals surface area contributed by atoms with Crippen LogP contribution in [0.1, 0.15) is 37.9 Å². The number of benzene rings is 1. The highest BCUT2D eigenvalue weighted by Gasteiger charge is 2.14. The molecule has 0 spiro atoms. The van der Waals surface area contributed by atoms with Crippen LogP contribution in [0.3, 0.4) is 0 Å². The predicted molar refractivity (Wildman–Crippen MR) is 89.7 cm³/mol. The molecule has 4 heteroatoms. The quantitative estimate of drug-likeness (QED) is 0.843. The summed E-state index contributed by atoms with van der Waals surface area (Å²) >= 11 is 3.49. The van der Waals surface area contributed by atoms with Gasteiger partial charge >= 0.3 is 0 Å². The van der Waals surface area contributed by atoms with Crippen molar-refractivity contribution < 1.29 is 4.74 Å². The summed E-state index contributed by atoms with van der Waals surface area (Å²) in [7, 11) is 0. The predicted octanol–water partition coefficient (Wildman–Crippen LogP) is 4.33. The lowest BCUT2D eigenvalue weighted by Crippen LogP contribution is -2.22. The van der Waals surface area contributed by atoms with Gasteiger partial charge in [0, 0.05) is 16.9 Å². The highest BCUT2D eigenvalue weighted by molar-refractivity contribution is 9.10. The van der Waals surface area contributed by atoms with E-state index in [9.17, 15) is 0 Å². The first kappa shape index (κ1) is 16.0. The van der Waals surface area contributed by atoms with Crippen LogP contribution in [0.4, 0.5) is 0 Å². The summed E-state index contributed by atoms with van der Waals surface area (Å²) in [6.45, 7) is 7.05. The molecule has 2 aromatic rings. The van der Waals surface area contributed by atoms with E-state index < -0.39 is 0 Å². The zero-order valence-corrected chi connectivity index (χ0v) is 14.2. The second-order valence-electron chi connectivity index (χ2n) is 5.17. The first-order chi connectivity index (χ1) is 10.1. The van der Waals surface area contributed by atoms with Crippen LogP contribution in [0.5, 0.6) is 5.75 Å². The number of aromatic nitrogens is 1. The van der Waals surface area contributed by atoms with Crippen molar-refractivity contribution in [1.29, 1.82) is 0 Å². The Balaban J connectivity index is 2.34. The van der Waals surface area contributed by atoms with Gasteiger partial charge in [0.2, 0.25) is 0 Å². The Morgan fingerprint density at radius 1 is 1.19 bits per heavy atom. The van der Waals surface area contributed by atoms with Crippen molar-refractivity contribution in [3.8, 4) is 5.75 Å². The Morgan fingerprint density at radius 2 is 2.00 bits per heavy atom. The first-order valence-corrected chi connectivity index (χ1v) is 8.00. The van der Waals surface area contributed by atoms with Crippen LogP contribution < -0.4 is 10.1 Å². The number of ether oxygens (including phenoxy) is 1.